The Hall–Kier alpha value is -1.66. The molecule has 5 nitrogen and oxygen atoms in total. The SMILES string of the molecule is Nc1cc(Cl)c(NC(=O)c2cc(Cl)ccc2Cl)cc1N1CCOCC1. The number of benzene rings is 2. The summed E-state index contributed by atoms with van der Waals surface area (Å²) in [6.45, 7) is 2.70. The number of nitrogens with two attached hydrogens (primary N) is 1. The minimum atomic E-state index is -0.396. The van der Waals surface area contributed by atoms with Crippen LogP contribution in [0.15, 0.2) is 30.3 Å². The zero-order valence-electron chi connectivity index (χ0n) is 13.2. The van der Waals surface area contributed by atoms with E-state index in [1.165, 1.54) is 6.07 Å². The summed E-state index contributed by atoms with van der Waals surface area (Å²) in [4.78, 5) is 14.6. The second-order valence-corrected chi connectivity index (χ2v) is 6.82. The fourth-order valence-corrected chi connectivity index (χ4v) is 3.21. The number of amides is 1. The van der Waals surface area contributed by atoms with Gasteiger partial charge in [-0.1, -0.05) is 34.8 Å². The number of ether oxygens (including phenoxy) is 1. The van der Waals surface area contributed by atoms with E-state index < -0.39 is 5.91 Å². The highest BCUT2D eigenvalue weighted by atomic mass is 35.5. The Bertz CT molecular complexity index is 808. The van der Waals surface area contributed by atoms with Crippen molar-refractivity contribution in [2.75, 3.05) is 42.3 Å². The number of carbonyl (C=O) groups excluding carboxylic acids is 1. The van der Waals surface area contributed by atoms with Crippen LogP contribution in [0.1, 0.15) is 10.4 Å². The van der Waals surface area contributed by atoms with Crippen molar-refractivity contribution in [2.45, 2.75) is 0 Å². The summed E-state index contributed by atoms with van der Waals surface area (Å²) in [5, 5.41) is 3.85. The molecule has 3 rings (SSSR count). The summed E-state index contributed by atoms with van der Waals surface area (Å²) in [7, 11) is 0. The zero-order chi connectivity index (χ0) is 18.0. The first-order chi connectivity index (χ1) is 12.0. The van der Waals surface area contributed by atoms with E-state index >= 15 is 0 Å². The molecular formula is C17H16Cl3N3O2. The number of nitrogen functional groups attached to an aromatic ring is 1. The predicted octanol–water partition coefficient (Wildman–Crippen LogP) is 4.32. The summed E-state index contributed by atoms with van der Waals surface area (Å²) >= 11 is 18.3. The first kappa shape index (κ1) is 18.1. The molecule has 132 valence electrons. The van der Waals surface area contributed by atoms with E-state index in [0.717, 1.165) is 18.8 Å². The minimum Gasteiger partial charge on any atom is -0.397 e. The van der Waals surface area contributed by atoms with Crippen molar-refractivity contribution in [1.29, 1.82) is 0 Å². The molecule has 8 heteroatoms. The van der Waals surface area contributed by atoms with Crippen LogP contribution < -0.4 is 16.0 Å². The third-order valence-corrected chi connectivity index (χ3v) is 4.77. The van der Waals surface area contributed by atoms with Crippen molar-refractivity contribution < 1.29 is 9.53 Å². The number of nitrogens with one attached hydrogen (secondary N) is 1. The number of hydrogen-bond acceptors (Lipinski definition) is 4. The van der Waals surface area contributed by atoms with Gasteiger partial charge < -0.3 is 20.7 Å². The van der Waals surface area contributed by atoms with Crippen molar-refractivity contribution in [3.05, 3.63) is 51.0 Å². The summed E-state index contributed by atoms with van der Waals surface area (Å²) < 4.78 is 5.36. The Kier molecular flexibility index (Phi) is 5.59. The number of anilines is 3. The first-order valence-corrected chi connectivity index (χ1v) is 8.77. The second kappa shape index (κ2) is 7.70. The predicted molar refractivity (Wildman–Crippen MR) is 103 cm³/mol. The average molecular weight is 401 g/mol. The van der Waals surface area contributed by atoms with Gasteiger partial charge in [0.15, 0.2) is 0 Å². The number of rotatable bonds is 3. The standard InChI is InChI=1S/C17H16Cl3N3O2/c18-10-1-2-12(19)11(7-10)17(24)22-15-9-16(14(21)8-13(15)20)23-3-5-25-6-4-23/h1-2,7-9H,3-6,21H2,(H,22,24). The van der Waals surface area contributed by atoms with Crippen LogP contribution in [-0.2, 0) is 4.74 Å². The molecule has 1 heterocycles. The molecule has 0 unspecified atom stereocenters. The Morgan fingerprint density at radius 2 is 1.80 bits per heavy atom. The Morgan fingerprint density at radius 1 is 1.08 bits per heavy atom. The van der Waals surface area contributed by atoms with Crippen LogP contribution in [0, 0.1) is 0 Å². The van der Waals surface area contributed by atoms with Gasteiger partial charge in [-0.3, -0.25) is 4.79 Å². The summed E-state index contributed by atoms with van der Waals surface area (Å²) in [5.41, 5.74) is 8.17. The smallest absolute Gasteiger partial charge is 0.257 e. The van der Waals surface area contributed by atoms with Gasteiger partial charge in [0, 0.05) is 18.1 Å². The van der Waals surface area contributed by atoms with E-state index in [2.05, 4.69) is 10.2 Å². The Morgan fingerprint density at radius 3 is 2.52 bits per heavy atom. The van der Waals surface area contributed by atoms with Crippen LogP contribution in [-0.4, -0.2) is 32.2 Å². The Labute approximate surface area is 160 Å². The highest BCUT2D eigenvalue weighted by Crippen LogP contribution is 2.34. The molecule has 1 amide bonds. The highest BCUT2D eigenvalue weighted by molar-refractivity contribution is 6.37. The lowest BCUT2D eigenvalue weighted by Gasteiger charge is -2.30. The Balaban J connectivity index is 1.89. The number of halogens is 3. The van der Waals surface area contributed by atoms with Crippen molar-refractivity contribution in [3.8, 4) is 0 Å². The molecule has 0 radical (unpaired) electrons. The maximum Gasteiger partial charge on any atom is 0.257 e. The van der Waals surface area contributed by atoms with Crippen LogP contribution in [0.3, 0.4) is 0 Å². The average Bonchev–Trinajstić information content (AvgIpc) is 2.60. The lowest BCUT2D eigenvalue weighted by atomic mass is 10.1. The zero-order valence-corrected chi connectivity index (χ0v) is 15.5. The van der Waals surface area contributed by atoms with Gasteiger partial charge in [0.05, 0.1) is 45.9 Å². The molecule has 0 atom stereocenters. The fraction of sp³-hybridized carbons (Fsp3) is 0.235. The monoisotopic (exact) mass is 399 g/mol. The molecule has 1 fully saturated rings. The maximum atomic E-state index is 12.5. The van der Waals surface area contributed by atoms with Crippen LogP contribution in [0.5, 0.6) is 0 Å². The summed E-state index contributed by atoms with van der Waals surface area (Å²) in [5.74, 6) is -0.396. The van der Waals surface area contributed by atoms with E-state index in [4.69, 9.17) is 45.3 Å². The molecule has 2 aromatic carbocycles. The van der Waals surface area contributed by atoms with Crippen molar-refractivity contribution in [1.82, 2.24) is 0 Å². The molecule has 1 aliphatic rings. The highest BCUT2D eigenvalue weighted by Gasteiger charge is 2.18. The van der Waals surface area contributed by atoms with Gasteiger partial charge in [0.25, 0.3) is 5.91 Å². The molecule has 0 spiro atoms. The number of hydrogen-bond donors (Lipinski definition) is 2. The maximum absolute atomic E-state index is 12.5. The normalized spacial score (nSPS) is 14.4. The van der Waals surface area contributed by atoms with E-state index in [1.54, 1.807) is 24.3 Å². The first-order valence-electron chi connectivity index (χ1n) is 7.64. The number of morpholine rings is 1. The van der Waals surface area contributed by atoms with Gasteiger partial charge in [-0.25, -0.2) is 0 Å². The number of nitrogens with zero attached hydrogens (tertiary/aromatic N) is 1. The van der Waals surface area contributed by atoms with E-state index in [1.807, 2.05) is 0 Å². The lowest BCUT2D eigenvalue weighted by Crippen LogP contribution is -2.36. The van der Waals surface area contributed by atoms with Gasteiger partial charge >= 0.3 is 0 Å². The molecule has 1 saturated heterocycles. The topological polar surface area (TPSA) is 67.6 Å². The summed E-state index contributed by atoms with van der Waals surface area (Å²) in [6.07, 6.45) is 0. The van der Waals surface area contributed by atoms with Gasteiger partial charge in [-0.05, 0) is 30.3 Å². The largest absolute Gasteiger partial charge is 0.397 e. The van der Waals surface area contributed by atoms with Crippen molar-refractivity contribution in [3.63, 3.8) is 0 Å². The molecule has 0 saturated carbocycles. The van der Waals surface area contributed by atoms with Crippen molar-refractivity contribution in [2.24, 2.45) is 0 Å². The van der Waals surface area contributed by atoms with E-state index in [0.29, 0.717) is 39.7 Å². The lowest BCUT2D eigenvalue weighted by molar-refractivity contribution is 0.102. The van der Waals surface area contributed by atoms with Gasteiger partial charge in [0.2, 0.25) is 0 Å². The van der Waals surface area contributed by atoms with Gasteiger partial charge in [-0.2, -0.15) is 0 Å². The van der Waals surface area contributed by atoms with E-state index in [-0.39, 0.29) is 5.56 Å². The minimum absolute atomic E-state index is 0.273. The quantitative estimate of drug-likeness (QED) is 0.753. The van der Waals surface area contributed by atoms with Crippen LogP contribution in [0.4, 0.5) is 17.1 Å². The molecule has 1 aliphatic heterocycles. The molecule has 0 bridgehead atoms. The van der Waals surface area contributed by atoms with Gasteiger partial charge in [0.1, 0.15) is 0 Å². The second-order valence-electron chi connectivity index (χ2n) is 5.57. The van der Waals surface area contributed by atoms with E-state index in [9.17, 15) is 4.79 Å². The van der Waals surface area contributed by atoms with Crippen LogP contribution in [0.2, 0.25) is 15.1 Å². The third-order valence-electron chi connectivity index (χ3n) is 3.89. The van der Waals surface area contributed by atoms with Crippen LogP contribution in [0.25, 0.3) is 0 Å². The third kappa shape index (κ3) is 4.12. The molecule has 2 aromatic rings. The molecule has 3 N–H and O–H groups in total. The molecule has 0 aromatic heterocycles. The van der Waals surface area contributed by atoms with Crippen molar-refractivity contribution >= 4 is 57.8 Å². The summed E-state index contributed by atoms with van der Waals surface area (Å²) in [6, 6.07) is 8.09. The number of carbonyl (C=O) groups is 1. The van der Waals surface area contributed by atoms with Crippen LogP contribution >= 0.6 is 34.8 Å². The molecule has 0 aliphatic carbocycles. The van der Waals surface area contributed by atoms with Gasteiger partial charge in [-0.15, -0.1) is 0 Å². The molecule has 25 heavy (non-hydrogen) atoms. The fourth-order valence-electron chi connectivity index (χ4n) is 2.61. The molecular weight excluding hydrogens is 385 g/mol.